The summed E-state index contributed by atoms with van der Waals surface area (Å²) in [6, 6.07) is 6.39. The largest absolute Gasteiger partial charge is 0.482 e. The number of ether oxygens (including phenoxy) is 1. The van der Waals surface area contributed by atoms with E-state index >= 15 is 0 Å². The predicted molar refractivity (Wildman–Crippen MR) is 77.3 cm³/mol. The zero-order valence-corrected chi connectivity index (χ0v) is 11.5. The zero-order chi connectivity index (χ0) is 14.1. The van der Waals surface area contributed by atoms with Gasteiger partial charge in [-0.05, 0) is 31.2 Å². The first kappa shape index (κ1) is 12.8. The van der Waals surface area contributed by atoms with Gasteiger partial charge in [0.2, 0.25) is 0 Å². The van der Waals surface area contributed by atoms with Gasteiger partial charge < -0.3 is 10.5 Å². The van der Waals surface area contributed by atoms with Crippen LogP contribution < -0.4 is 10.5 Å². The number of rotatable bonds is 3. The Morgan fingerprint density at radius 2 is 2.20 bits per heavy atom. The summed E-state index contributed by atoms with van der Waals surface area (Å²) in [4.78, 5) is 8.23. The molecule has 0 fully saturated rings. The van der Waals surface area contributed by atoms with E-state index in [9.17, 15) is 4.39 Å². The average Bonchev–Trinajstić information content (AvgIpc) is 2.88. The highest BCUT2D eigenvalue weighted by Crippen LogP contribution is 2.31. The topological polar surface area (TPSA) is 61.0 Å². The van der Waals surface area contributed by atoms with E-state index in [4.69, 9.17) is 10.5 Å². The van der Waals surface area contributed by atoms with Crippen molar-refractivity contribution in [3.63, 3.8) is 0 Å². The minimum Gasteiger partial charge on any atom is -0.482 e. The molecule has 1 unspecified atom stereocenters. The molecule has 0 radical (unpaired) electrons. The molecule has 1 aromatic carbocycles. The molecule has 102 valence electrons. The molecule has 2 heterocycles. The fourth-order valence-corrected chi connectivity index (χ4v) is 2.76. The lowest BCUT2D eigenvalue weighted by Crippen LogP contribution is -2.06. The van der Waals surface area contributed by atoms with E-state index in [-0.39, 0.29) is 11.9 Å². The molecule has 3 rings (SSSR count). The van der Waals surface area contributed by atoms with Crippen molar-refractivity contribution in [3.05, 3.63) is 47.4 Å². The van der Waals surface area contributed by atoms with Crippen LogP contribution in [0, 0.1) is 5.82 Å². The summed E-state index contributed by atoms with van der Waals surface area (Å²) in [6.45, 7) is 1.83. The lowest BCUT2D eigenvalue weighted by Gasteiger charge is -2.16. The monoisotopic (exact) mass is 289 g/mol. The van der Waals surface area contributed by atoms with E-state index in [1.165, 1.54) is 23.5 Å². The van der Waals surface area contributed by atoms with Crippen LogP contribution in [0.4, 0.5) is 10.2 Å². The van der Waals surface area contributed by atoms with Gasteiger partial charge in [-0.25, -0.2) is 14.4 Å². The van der Waals surface area contributed by atoms with Crippen LogP contribution in [0.1, 0.15) is 18.6 Å². The van der Waals surface area contributed by atoms with Crippen LogP contribution in [0.25, 0.3) is 10.2 Å². The first-order valence-electron chi connectivity index (χ1n) is 6.05. The predicted octanol–water partition coefficient (Wildman–Crippen LogP) is 3.55. The van der Waals surface area contributed by atoms with E-state index in [2.05, 4.69) is 9.97 Å². The lowest BCUT2D eigenvalue weighted by atomic mass is 10.1. The Bertz CT molecular complexity index is 759. The van der Waals surface area contributed by atoms with Crippen molar-refractivity contribution in [2.75, 3.05) is 5.73 Å². The molecule has 0 bridgehead atoms. The maximum atomic E-state index is 13.6. The normalized spacial score (nSPS) is 12.5. The Balaban J connectivity index is 1.98. The second-order valence-corrected chi connectivity index (χ2v) is 5.23. The minimum atomic E-state index is -0.373. The molecular formula is C14H12FN3OS. The first-order chi connectivity index (χ1) is 9.65. The van der Waals surface area contributed by atoms with Crippen LogP contribution in [-0.2, 0) is 0 Å². The van der Waals surface area contributed by atoms with Gasteiger partial charge in [-0.3, -0.25) is 0 Å². The number of fused-ring (bicyclic) bond motifs is 1. The molecule has 0 aliphatic carbocycles. The standard InChI is InChI=1S/C14H12FN3OS/c1-8(19-11-3-2-4-17-14(11)16)10-5-9(15)6-12-13(10)18-7-20-12/h2-8H,1H3,(H2,16,17). The van der Waals surface area contributed by atoms with E-state index < -0.39 is 0 Å². The van der Waals surface area contributed by atoms with E-state index in [1.807, 2.05) is 6.92 Å². The van der Waals surface area contributed by atoms with Crippen molar-refractivity contribution in [2.24, 2.45) is 0 Å². The fourth-order valence-electron chi connectivity index (χ4n) is 2.02. The molecule has 0 saturated heterocycles. The summed E-state index contributed by atoms with van der Waals surface area (Å²) < 4.78 is 20.2. The van der Waals surface area contributed by atoms with Crippen molar-refractivity contribution < 1.29 is 9.13 Å². The number of nitrogens with two attached hydrogens (primary N) is 1. The van der Waals surface area contributed by atoms with Gasteiger partial charge >= 0.3 is 0 Å². The molecular weight excluding hydrogens is 277 g/mol. The second-order valence-electron chi connectivity index (χ2n) is 4.34. The molecule has 0 saturated carbocycles. The molecule has 20 heavy (non-hydrogen) atoms. The highest BCUT2D eigenvalue weighted by atomic mass is 32.1. The van der Waals surface area contributed by atoms with E-state index in [0.29, 0.717) is 17.1 Å². The number of anilines is 1. The van der Waals surface area contributed by atoms with Crippen molar-refractivity contribution in [2.45, 2.75) is 13.0 Å². The third-order valence-electron chi connectivity index (χ3n) is 2.97. The Kier molecular flexibility index (Phi) is 3.23. The highest BCUT2D eigenvalue weighted by Gasteiger charge is 2.16. The van der Waals surface area contributed by atoms with Gasteiger partial charge in [0.25, 0.3) is 0 Å². The SMILES string of the molecule is CC(Oc1cccnc1N)c1cc(F)cc2scnc12. The van der Waals surface area contributed by atoms with Gasteiger partial charge in [-0.2, -0.15) is 0 Å². The summed E-state index contributed by atoms with van der Waals surface area (Å²) in [5.74, 6) is 0.490. The third-order valence-corrected chi connectivity index (χ3v) is 3.75. The van der Waals surface area contributed by atoms with Crippen molar-refractivity contribution in [1.82, 2.24) is 9.97 Å². The summed E-state index contributed by atoms with van der Waals surface area (Å²) in [5, 5.41) is 0. The van der Waals surface area contributed by atoms with Crippen LogP contribution in [-0.4, -0.2) is 9.97 Å². The molecule has 2 aromatic heterocycles. The minimum absolute atomic E-state index is 0.300. The zero-order valence-electron chi connectivity index (χ0n) is 10.7. The number of hydrogen-bond acceptors (Lipinski definition) is 5. The molecule has 0 aliphatic rings. The maximum absolute atomic E-state index is 13.6. The van der Waals surface area contributed by atoms with E-state index in [1.54, 1.807) is 23.8 Å². The lowest BCUT2D eigenvalue weighted by molar-refractivity contribution is 0.228. The van der Waals surface area contributed by atoms with Gasteiger partial charge in [0.05, 0.1) is 15.7 Å². The van der Waals surface area contributed by atoms with Crippen LogP contribution in [0.3, 0.4) is 0 Å². The molecule has 1 atom stereocenters. The number of halogens is 1. The summed E-state index contributed by atoms with van der Waals surface area (Å²) in [5.41, 5.74) is 8.89. The molecule has 0 amide bonds. The molecule has 0 spiro atoms. The molecule has 3 aromatic rings. The molecule has 2 N–H and O–H groups in total. The van der Waals surface area contributed by atoms with Crippen LogP contribution >= 0.6 is 11.3 Å². The summed E-state index contributed by atoms with van der Waals surface area (Å²) in [7, 11) is 0. The van der Waals surface area contributed by atoms with Gasteiger partial charge in [-0.15, -0.1) is 11.3 Å². The smallest absolute Gasteiger partial charge is 0.166 e. The van der Waals surface area contributed by atoms with Crippen molar-refractivity contribution in [3.8, 4) is 5.75 Å². The van der Waals surface area contributed by atoms with Crippen LogP contribution in [0.5, 0.6) is 5.75 Å². The number of hydrogen-bond donors (Lipinski definition) is 1. The van der Waals surface area contributed by atoms with Crippen molar-refractivity contribution in [1.29, 1.82) is 0 Å². The first-order valence-corrected chi connectivity index (χ1v) is 6.93. The number of aromatic nitrogens is 2. The Hall–Kier alpha value is -2.21. The quantitative estimate of drug-likeness (QED) is 0.801. The Morgan fingerprint density at radius 1 is 1.35 bits per heavy atom. The molecule has 4 nitrogen and oxygen atoms in total. The number of pyridine rings is 1. The number of benzene rings is 1. The second kappa shape index (κ2) is 5.05. The van der Waals surface area contributed by atoms with Crippen LogP contribution in [0.2, 0.25) is 0 Å². The van der Waals surface area contributed by atoms with Gasteiger partial charge in [0, 0.05) is 11.8 Å². The molecule has 0 aliphatic heterocycles. The summed E-state index contributed by atoms with van der Waals surface area (Å²) in [6.07, 6.45) is 1.22. The van der Waals surface area contributed by atoms with Crippen LogP contribution in [0.15, 0.2) is 36.0 Å². The number of nitrogen functional groups attached to an aromatic ring is 1. The van der Waals surface area contributed by atoms with Gasteiger partial charge in [0.1, 0.15) is 11.9 Å². The van der Waals surface area contributed by atoms with Crippen molar-refractivity contribution >= 4 is 27.4 Å². The van der Waals surface area contributed by atoms with Gasteiger partial charge in [0.15, 0.2) is 11.6 Å². The number of nitrogens with zero attached hydrogens (tertiary/aromatic N) is 2. The molecule has 6 heteroatoms. The average molecular weight is 289 g/mol. The third kappa shape index (κ3) is 2.30. The highest BCUT2D eigenvalue weighted by molar-refractivity contribution is 7.16. The van der Waals surface area contributed by atoms with Gasteiger partial charge in [-0.1, -0.05) is 0 Å². The fraction of sp³-hybridized carbons (Fsp3) is 0.143. The Morgan fingerprint density at radius 3 is 3.00 bits per heavy atom. The maximum Gasteiger partial charge on any atom is 0.166 e. The Labute approximate surface area is 119 Å². The summed E-state index contributed by atoms with van der Waals surface area (Å²) >= 11 is 1.40. The number of thiazole rings is 1. The van der Waals surface area contributed by atoms with E-state index in [0.717, 1.165) is 10.2 Å².